The van der Waals surface area contributed by atoms with Crippen molar-refractivity contribution in [2.45, 2.75) is 64.9 Å². The first kappa shape index (κ1) is 20.7. The molecule has 0 N–H and O–H groups in total. The number of hydrogen-bond acceptors (Lipinski definition) is 4. The van der Waals surface area contributed by atoms with Gasteiger partial charge in [0, 0.05) is 26.4 Å². The van der Waals surface area contributed by atoms with E-state index in [1.807, 2.05) is 6.08 Å². The van der Waals surface area contributed by atoms with Crippen molar-refractivity contribution in [2.75, 3.05) is 21.3 Å². The van der Waals surface area contributed by atoms with Crippen LogP contribution in [0.2, 0.25) is 0 Å². The maximum absolute atomic E-state index is 10.9. The van der Waals surface area contributed by atoms with Gasteiger partial charge in [0.05, 0.1) is 31.8 Å². The average Bonchev–Trinajstić information content (AvgIpc) is 2.51. The van der Waals surface area contributed by atoms with Crippen molar-refractivity contribution < 1.29 is 19.0 Å². The molecule has 0 fully saturated rings. The molecule has 4 nitrogen and oxygen atoms in total. The van der Waals surface area contributed by atoms with Gasteiger partial charge in [0.1, 0.15) is 5.78 Å². The van der Waals surface area contributed by atoms with E-state index < -0.39 is 0 Å². The topological polar surface area (TPSA) is 44.8 Å². The number of rotatable bonds is 13. The van der Waals surface area contributed by atoms with Crippen molar-refractivity contribution in [1.82, 2.24) is 0 Å². The lowest BCUT2D eigenvalue weighted by Gasteiger charge is -2.10. The lowest BCUT2D eigenvalue weighted by molar-refractivity contribution is -0.116. The monoisotopic (exact) mass is 312 g/mol. The Hall–Kier alpha value is -1.29. The molecule has 0 bridgehead atoms. The van der Waals surface area contributed by atoms with Crippen LogP contribution in [-0.2, 0) is 19.0 Å². The summed E-state index contributed by atoms with van der Waals surface area (Å²) in [5.74, 6) is 2.15. The number of hydrogen-bond donors (Lipinski definition) is 0. The number of carbonyl (C=O) groups excluding carboxylic acids is 1. The Morgan fingerprint density at radius 1 is 0.955 bits per heavy atom. The zero-order chi connectivity index (χ0) is 16.8. The van der Waals surface area contributed by atoms with Crippen molar-refractivity contribution in [3.63, 3.8) is 0 Å². The largest absolute Gasteiger partial charge is 0.501 e. The highest BCUT2D eigenvalue weighted by Gasteiger charge is 2.03. The van der Waals surface area contributed by atoms with E-state index in [1.165, 1.54) is 0 Å². The Bertz CT molecular complexity index is 358. The summed E-state index contributed by atoms with van der Waals surface area (Å²) in [6.07, 6.45) is 10.5. The molecule has 0 aliphatic carbocycles. The summed E-state index contributed by atoms with van der Waals surface area (Å²) in [6, 6.07) is 0. The van der Waals surface area contributed by atoms with E-state index in [1.54, 1.807) is 28.3 Å². The Kier molecular flexibility index (Phi) is 12.6. The minimum atomic E-state index is 0.207. The van der Waals surface area contributed by atoms with Gasteiger partial charge in [-0.1, -0.05) is 0 Å². The van der Waals surface area contributed by atoms with Crippen LogP contribution in [0.4, 0.5) is 0 Å². The van der Waals surface area contributed by atoms with E-state index in [2.05, 4.69) is 13.0 Å². The number of allylic oxidation sites excluding steroid dienone is 4. The summed E-state index contributed by atoms with van der Waals surface area (Å²) < 4.78 is 16.0. The second-order valence-corrected chi connectivity index (χ2v) is 5.47. The molecule has 1 unspecified atom stereocenters. The third kappa shape index (κ3) is 11.4. The normalized spacial score (nSPS) is 13.9. The molecule has 0 aromatic carbocycles. The third-order valence-electron chi connectivity index (χ3n) is 3.59. The van der Waals surface area contributed by atoms with E-state index in [9.17, 15) is 4.79 Å². The van der Waals surface area contributed by atoms with Gasteiger partial charge in [-0.2, -0.15) is 0 Å². The summed E-state index contributed by atoms with van der Waals surface area (Å²) in [6.45, 7) is 3.69. The minimum absolute atomic E-state index is 0.207. The lowest BCUT2D eigenvalue weighted by atomic mass is 10.1. The van der Waals surface area contributed by atoms with Gasteiger partial charge in [-0.05, 0) is 51.7 Å². The standard InChI is InChI=1S/C18H32O4/c1-15(19)9-6-11-17(21-4)13-8-14-18(22-5)12-7-10-16(2)20-3/h11,14,16H,6-10,12-13H2,1-5H3/b17-11+,18-14+. The van der Waals surface area contributed by atoms with Crippen LogP contribution in [0.1, 0.15) is 58.8 Å². The molecule has 0 aromatic heterocycles. The Morgan fingerprint density at radius 2 is 1.50 bits per heavy atom. The fourth-order valence-corrected chi connectivity index (χ4v) is 2.07. The summed E-state index contributed by atoms with van der Waals surface area (Å²) >= 11 is 0. The molecule has 0 radical (unpaired) electrons. The molecule has 0 aliphatic rings. The van der Waals surface area contributed by atoms with Gasteiger partial charge in [-0.3, -0.25) is 0 Å². The van der Waals surface area contributed by atoms with E-state index in [-0.39, 0.29) is 5.78 Å². The second kappa shape index (κ2) is 13.4. The van der Waals surface area contributed by atoms with Gasteiger partial charge >= 0.3 is 0 Å². The maximum Gasteiger partial charge on any atom is 0.130 e. The SMILES string of the molecule is CO/C(=C/CCC(C)=O)CC/C=C(\CCCC(C)OC)OC. The Labute approximate surface area is 135 Å². The number of ketones is 1. The fourth-order valence-electron chi connectivity index (χ4n) is 2.07. The van der Waals surface area contributed by atoms with E-state index in [0.717, 1.165) is 50.0 Å². The van der Waals surface area contributed by atoms with Crippen molar-refractivity contribution in [3.05, 3.63) is 23.7 Å². The molecule has 0 heterocycles. The van der Waals surface area contributed by atoms with Gasteiger partial charge in [-0.25, -0.2) is 0 Å². The molecule has 0 saturated carbocycles. The smallest absolute Gasteiger partial charge is 0.130 e. The quantitative estimate of drug-likeness (QED) is 0.473. The number of methoxy groups -OCH3 is 3. The van der Waals surface area contributed by atoms with Crippen LogP contribution in [0.25, 0.3) is 0 Å². The molecule has 0 spiro atoms. The van der Waals surface area contributed by atoms with Gasteiger partial charge < -0.3 is 19.0 Å². The van der Waals surface area contributed by atoms with Crippen molar-refractivity contribution in [1.29, 1.82) is 0 Å². The third-order valence-corrected chi connectivity index (χ3v) is 3.59. The number of Topliss-reactive ketones (excluding diaryl/α,β-unsaturated/α-hetero) is 1. The highest BCUT2D eigenvalue weighted by molar-refractivity contribution is 5.75. The summed E-state index contributed by atoms with van der Waals surface area (Å²) in [5, 5.41) is 0. The van der Waals surface area contributed by atoms with Crippen molar-refractivity contribution >= 4 is 5.78 Å². The molecular weight excluding hydrogens is 280 g/mol. The van der Waals surface area contributed by atoms with Gasteiger partial charge in [-0.15, -0.1) is 0 Å². The van der Waals surface area contributed by atoms with Crippen LogP contribution in [0.15, 0.2) is 23.7 Å². The van der Waals surface area contributed by atoms with E-state index in [0.29, 0.717) is 12.5 Å². The van der Waals surface area contributed by atoms with Gasteiger partial charge in [0.25, 0.3) is 0 Å². The summed E-state index contributed by atoms with van der Waals surface area (Å²) in [7, 11) is 5.13. The van der Waals surface area contributed by atoms with Crippen LogP contribution in [0.3, 0.4) is 0 Å². The van der Waals surface area contributed by atoms with Crippen molar-refractivity contribution in [2.24, 2.45) is 0 Å². The van der Waals surface area contributed by atoms with Crippen LogP contribution >= 0.6 is 0 Å². The molecule has 0 saturated heterocycles. The highest BCUT2D eigenvalue weighted by Crippen LogP contribution is 2.15. The van der Waals surface area contributed by atoms with E-state index in [4.69, 9.17) is 14.2 Å². The summed E-state index contributed by atoms with van der Waals surface area (Å²) in [5.41, 5.74) is 0. The van der Waals surface area contributed by atoms with Crippen LogP contribution in [0, 0.1) is 0 Å². The summed E-state index contributed by atoms with van der Waals surface area (Å²) in [4.78, 5) is 10.9. The van der Waals surface area contributed by atoms with Crippen LogP contribution in [0.5, 0.6) is 0 Å². The molecule has 0 amide bonds. The zero-order valence-electron chi connectivity index (χ0n) is 14.8. The predicted molar refractivity (Wildman–Crippen MR) is 89.7 cm³/mol. The highest BCUT2D eigenvalue weighted by atomic mass is 16.5. The molecule has 22 heavy (non-hydrogen) atoms. The fraction of sp³-hybridized carbons (Fsp3) is 0.722. The first-order chi connectivity index (χ1) is 10.5. The number of ether oxygens (including phenoxy) is 3. The average molecular weight is 312 g/mol. The molecule has 0 rings (SSSR count). The molecule has 1 atom stereocenters. The molecular formula is C18H32O4. The molecule has 0 aromatic rings. The van der Waals surface area contributed by atoms with Crippen molar-refractivity contribution in [3.8, 4) is 0 Å². The Morgan fingerprint density at radius 3 is 2.00 bits per heavy atom. The maximum atomic E-state index is 10.9. The van der Waals surface area contributed by atoms with E-state index >= 15 is 0 Å². The van der Waals surface area contributed by atoms with Gasteiger partial charge in [0.2, 0.25) is 0 Å². The zero-order valence-corrected chi connectivity index (χ0v) is 14.8. The van der Waals surface area contributed by atoms with Crippen LogP contribution in [-0.4, -0.2) is 33.2 Å². The molecule has 0 aliphatic heterocycles. The van der Waals surface area contributed by atoms with Crippen LogP contribution < -0.4 is 0 Å². The second-order valence-electron chi connectivity index (χ2n) is 5.47. The molecule has 4 heteroatoms. The van der Waals surface area contributed by atoms with Gasteiger partial charge in [0.15, 0.2) is 0 Å². The predicted octanol–water partition coefficient (Wildman–Crippen LogP) is 4.40. The lowest BCUT2D eigenvalue weighted by Crippen LogP contribution is -2.04. The Balaban J connectivity index is 4.14. The first-order valence-electron chi connectivity index (χ1n) is 8.01. The minimum Gasteiger partial charge on any atom is -0.501 e. The number of carbonyl (C=O) groups is 1. The first-order valence-corrected chi connectivity index (χ1v) is 8.01. The molecule has 128 valence electrons.